The molecule has 1 N–H and O–H groups in total. The lowest BCUT2D eigenvalue weighted by Crippen LogP contribution is -2.24. The van der Waals surface area contributed by atoms with Crippen molar-refractivity contribution in [3.63, 3.8) is 0 Å². The summed E-state index contributed by atoms with van der Waals surface area (Å²) in [4.78, 5) is 23.0. The fourth-order valence-electron chi connectivity index (χ4n) is 2.20. The van der Waals surface area contributed by atoms with Crippen molar-refractivity contribution in [2.45, 2.75) is 6.92 Å². The lowest BCUT2D eigenvalue weighted by atomic mass is 10.1. The third-order valence-electron chi connectivity index (χ3n) is 3.37. The molecule has 0 bridgehead atoms. The van der Waals surface area contributed by atoms with E-state index in [0.717, 1.165) is 5.56 Å². The first kappa shape index (κ1) is 18.8. The topological polar surface area (TPSA) is 90.7 Å². The minimum absolute atomic E-state index is 0.0560. The molecule has 0 aliphatic heterocycles. The number of carbonyl (C=O) groups is 1. The summed E-state index contributed by atoms with van der Waals surface area (Å²) < 4.78 is 10.5. The quantitative estimate of drug-likeness (QED) is 0.489. The predicted molar refractivity (Wildman–Crippen MR) is 96.5 cm³/mol. The van der Waals surface area contributed by atoms with E-state index in [2.05, 4.69) is 17.2 Å². The summed E-state index contributed by atoms with van der Waals surface area (Å²) in [5.74, 6) is 5.55. The minimum Gasteiger partial charge on any atom is -0.493 e. The van der Waals surface area contributed by atoms with Crippen LogP contribution in [0, 0.1) is 22.0 Å². The maximum atomic E-state index is 12.3. The second kappa shape index (κ2) is 9.08. The van der Waals surface area contributed by atoms with Gasteiger partial charge in [-0.25, -0.2) is 0 Å². The van der Waals surface area contributed by atoms with Gasteiger partial charge < -0.3 is 14.8 Å². The van der Waals surface area contributed by atoms with Gasteiger partial charge in [-0.3, -0.25) is 14.9 Å². The van der Waals surface area contributed by atoms with Gasteiger partial charge in [0.2, 0.25) is 0 Å². The maximum absolute atomic E-state index is 12.3. The van der Waals surface area contributed by atoms with Gasteiger partial charge in [-0.05, 0) is 19.1 Å². The predicted octanol–water partition coefficient (Wildman–Crippen LogP) is 2.78. The molecule has 2 rings (SSSR count). The number of nitro groups is 1. The van der Waals surface area contributed by atoms with E-state index in [-0.39, 0.29) is 29.3 Å². The van der Waals surface area contributed by atoms with Crippen LogP contribution in [0.1, 0.15) is 22.8 Å². The van der Waals surface area contributed by atoms with Gasteiger partial charge in [0.15, 0.2) is 11.5 Å². The zero-order valence-corrected chi connectivity index (χ0v) is 14.4. The number of nitro benzene ring substituents is 1. The summed E-state index contributed by atoms with van der Waals surface area (Å²) >= 11 is 0. The van der Waals surface area contributed by atoms with Crippen molar-refractivity contribution in [1.82, 2.24) is 5.32 Å². The van der Waals surface area contributed by atoms with E-state index in [1.165, 1.54) is 19.2 Å². The molecule has 0 atom stereocenters. The summed E-state index contributed by atoms with van der Waals surface area (Å²) in [7, 11) is 1.40. The van der Waals surface area contributed by atoms with Crippen LogP contribution < -0.4 is 14.8 Å². The highest BCUT2D eigenvalue weighted by atomic mass is 16.6. The smallest absolute Gasteiger partial charge is 0.286 e. The van der Waals surface area contributed by atoms with Crippen molar-refractivity contribution in [1.29, 1.82) is 0 Å². The Morgan fingerprint density at radius 2 is 1.96 bits per heavy atom. The Morgan fingerprint density at radius 1 is 1.23 bits per heavy atom. The first-order valence-electron chi connectivity index (χ1n) is 7.88. The summed E-state index contributed by atoms with van der Waals surface area (Å²) in [6, 6.07) is 11.8. The van der Waals surface area contributed by atoms with E-state index in [1.54, 1.807) is 6.92 Å². The second-order valence-corrected chi connectivity index (χ2v) is 5.06. The van der Waals surface area contributed by atoms with Gasteiger partial charge in [0, 0.05) is 11.6 Å². The van der Waals surface area contributed by atoms with Gasteiger partial charge in [0.05, 0.1) is 31.3 Å². The number of ether oxygens (including phenoxy) is 2. The van der Waals surface area contributed by atoms with E-state index in [1.807, 2.05) is 30.3 Å². The van der Waals surface area contributed by atoms with E-state index < -0.39 is 10.8 Å². The van der Waals surface area contributed by atoms with Crippen molar-refractivity contribution in [3.8, 4) is 23.3 Å². The number of hydrogen-bond donors (Lipinski definition) is 1. The monoisotopic (exact) mass is 354 g/mol. The molecule has 1 amide bonds. The molecular weight excluding hydrogens is 336 g/mol. The van der Waals surface area contributed by atoms with Crippen molar-refractivity contribution >= 4 is 11.6 Å². The highest BCUT2D eigenvalue weighted by Gasteiger charge is 2.24. The molecule has 0 saturated carbocycles. The summed E-state index contributed by atoms with van der Waals surface area (Å²) in [6.45, 7) is 2.12. The van der Waals surface area contributed by atoms with Gasteiger partial charge in [-0.2, -0.15) is 0 Å². The molecule has 0 aliphatic carbocycles. The number of amides is 1. The molecule has 7 heteroatoms. The summed E-state index contributed by atoms with van der Waals surface area (Å²) in [5, 5.41) is 13.9. The normalized spacial score (nSPS) is 9.62. The average molecular weight is 354 g/mol. The molecule has 2 aromatic rings. The summed E-state index contributed by atoms with van der Waals surface area (Å²) in [5.41, 5.74) is 0.343. The van der Waals surface area contributed by atoms with E-state index >= 15 is 0 Å². The average Bonchev–Trinajstić information content (AvgIpc) is 2.65. The Labute approximate surface area is 151 Å². The van der Waals surface area contributed by atoms with E-state index in [9.17, 15) is 14.9 Å². The molecule has 2 aromatic carbocycles. The van der Waals surface area contributed by atoms with Gasteiger partial charge in [0.25, 0.3) is 11.6 Å². The molecule has 0 fully saturated rings. The highest BCUT2D eigenvalue weighted by molar-refractivity contribution is 5.99. The minimum atomic E-state index is -0.632. The Balaban J connectivity index is 2.19. The highest BCUT2D eigenvalue weighted by Crippen LogP contribution is 2.34. The van der Waals surface area contributed by atoms with Gasteiger partial charge in [-0.15, -0.1) is 0 Å². The molecular formula is C19H18N2O5. The first-order chi connectivity index (χ1) is 12.6. The van der Waals surface area contributed by atoms with Crippen molar-refractivity contribution in [2.75, 3.05) is 20.3 Å². The first-order valence-corrected chi connectivity index (χ1v) is 7.88. The van der Waals surface area contributed by atoms with Crippen molar-refractivity contribution in [3.05, 3.63) is 63.7 Å². The van der Waals surface area contributed by atoms with Crippen LogP contribution >= 0.6 is 0 Å². The number of methoxy groups -OCH3 is 1. The third kappa shape index (κ3) is 4.74. The van der Waals surface area contributed by atoms with Crippen LogP contribution in [0.4, 0.5) is 5.69 Å². The number of benzene rings is 2. The molecule has 0 heterocycles. The fourth-order valence-corrected chi connectivity index (χ4v) is 2.20. The fraction of sp³-hybridized carbons (Fsp3) is 0.211. The van der Waals surface area contributed by atoms with Crippen molar-refractivity contribution < 1.29 is 19.2 Å². The van der Waals surface area contributed by atoms with Crippen LogP contribution in [0.25, 0.3) is 0 Å². The van der Waals surface area contributed by atoms with Gasteiger partial charge in [0.1, 0.15) is 5.56 Å². The Kier molecular flexibility index (Phi) is 6.57. The zero-order valence-electron chi connectivity index (χ0n) is 14.4. The molecule has 0 unspecified atom stereocenters. The molecule has 0 aliphatic rings. The van der Waals surface area contributed by atoms with Crippen LogP contribution in [0.5, 0.6) is 11.5 Å². The second-order valence-electron chi connectivity index (χ2n) is 5.06. The van der Waals surface area contributed by atoms with Crippen LogP contribution in [-0.4, -0.2) is 31.1 Å². The molecule has 0 radical (unpaired) electrons. The summed E-state index contributed by atoms with van der Waals surface area (Å²) in [6.07, 6.45) is 0. The lowest BCUT2D eigenvalue weighted by molar-refractivity contribution is -0.385. The Bertz CT molecular complexity index is 853. The molecule has 0 aromatic heterocycles. The third-order valence-corrected chi connectivity index (χ3v) is 3.37. The number of carbonyl (C=O) groups excluding carboxylic acids is 1. The lowest BCUT2D eigenvalue weighted by Gasteiger charge is -2.11. The molecule has 7 nitrogen and oxygen atoms in total. The largest absolute Gasteiger partial charge is 0.493 e. The molecule has 134 valence electrons. The van der Waals surface area contributed by atoms with Gasteiger partial charge >= 0.3 is 0 Å². The Hall–Kier alpha value is -3.53. The molecule has 0 saturated heterocycles. The molecule has 0 spiro atoms. The van der Waals surface area contributed by atoms with Gasteiger partial charge in [-0.1, -0.05) is 30.0 Å². The standard InChI is InChI=1S/C19H18N2O5/c1-3-26-18-13-16(21(23)24)15(12-17(18)25-2)19(22)20-11-7-10-14-8-5-4-6-9-14/h4-6,8-9,12-13H,3,11H2,1-2H3,(H,20,22). The number of nitrogens with zero attached hydrogens (tertiary/aromatic N) is 1. The SMILES string of the molecule is CCOc1cc([N+](=O)[O-])c(C(=O)NCC#Cc2ccccc2)cc1OC. The number of nitrogens with one attached hydrogen (secondary N) is 1. The van der Waals surface area contributed by atoms with Crippen LogP contribution in [0.15, 0.2) is 42.5 Å². The van der Waals surface area contributed by atoms with E-state index in [4.69, 9.17) is 9.47 Å². The molecule has 26 heavy (non-hydrogen) atoms. The number of hydrogen-bond acceptors (Lipinski definition) is 5. The van der Waals surface area contributed by atoms with Crippen molar-refractivity contribution in [2.24, 2.45) is 0 Å². The van der Waals surface area contributed by atoms with Crippen LogP contribution in [-0.2, 0) is 0 Å². The Morgan fingerprint density at radius 3 is 2.58 bits per heavy atom. The maximum Gasteiger partial charge on any atom is 0.286 e. The zero-order chi connectivity index (χ0) is 18.9. The van der Waals surface area contributed by atoms with Crippen LogP contribution in [0.3, 0.4) is 0 Å². The van der Waals surface area contributed by atoms with E-state index in [0.29, 0.717) is 6.61 Å². The van der Waals surface area contributed by atoms with Crippen LogP contribution in [0.2, 0.25) is 0 Å². The number of rotatable bonds is 6.